The van der Waals surface area contributed by atoms with Gasteiger partial charge in [-0.2, -0.15) is 0 Å². The number of anilines is 1. The van der Waals surface area contributed by atoms with Gasteiger partial charge >= 0.3 is 0 Å². The number of amides is 2. The van der Waals surface area contributed by atoms with E-state index < -0.39 is 0 Å². The van der Waals surface area contributed by atoms with Crippen LogP contribution in [0.4, 0.5) is 5.69 Å². The molecule has 0 aliphatic carbocycles. The zero-order chi connectivity index (χ0) is 20.5. The molecule has 1 atom stereocenters. The Morgan fingerprint density at radius 1 is 1.21 bits per heavy atom. The molecule has 1 unspecified atom stereocenters. The number of carbonyl (C=O) groups excluding carboxylic acids is 2. The fourth-order valence-electron chi connectivity index (χ4n) is 2.68. The Morgan fingerprint density at radius 3 is 2.68 bits per heavy atom. The molecule has 2 amide bonds. The summed E-state index contributed by atoms with van der Waals surface area (Å²) in [4.78, 5) is 24.6. The summed E-state index contributed by atoms with van der Waals surface area (Å²) < 4.78 is 1.76. The highest BCUT2D eigenvalue weighted by molar-refractivity contribution is 7.99. The maximum absolute atomic E-state index is 12.5. The lowest BCUT2D eigenvalue weighted by atomic mass is 10.0. The van der Waals surface area contributed by atoms with Crippen LogP contribution < -0.4 is 10.6 Å². The van der Waals surface area contributed by atoms with Crippen LogP contribution >= 0.6 is 11.8 Å². The quantitative estimate of drug-likeness (QED) is 0.593. The molecule has 152 valence electrons. The second-order valence-electron chi connectivity index (χ2n) is 7.34. The van der Waals surface area contributed by atoms with Crippen molar-refractivity contribution < 1.29 is 9.59 Å². The summed E-state index contributed by atoms with van der Waals surface area (Å²) in [6.07, 6.45) is 4.80. The number of hydrogen-bond acceptors (Lipinski definition) is 5. The largest absolute Gasteiger partial charge is 0.350 e. The van der Waals surface area contributed by atoms with E-state index in [4.69, 9.17) is 0 Å². The first-order chi connectivity index (χ1) is 13.3. The molecule has 1 aromatic heterocycles. The summed E-state index contributed by atoms with van der Waals surface area (Å²) in [7, 11) is 1.83. The number of carbonyl (C=O) groups is 2. The van der Waals surface area contributed by atoms with E-state index in [-0.39, 0.29) is 23.6 Å². The van der Waals surface area contributed by atoms with Gasteiger partial charge in [-0.25, -0.2) is 0 Å². The monoisotopic (exact) mass is 403 g/mol. The molecule has 0 aliphatic rings. The molecule has 1 aromatic carbocycles. The summed E-state index contributed by atoms with van der Waals surface area (Å²) in [5.74, 6) is 0.611. The number of thioether (sulfide) groups is 1. The van der Waals surface area contributed by atoms with Gasteiger partial charge in [0.15, 0.2) is 5.16 Å². The van der Waals surface area contributed by atoms with Gasteiger partial charge in [-0.1, -0.05) is 44.5 Å². The Kier molecular flexibility index (Phi) is 8.50. The smallest absolute Gasteiger partial charge is 0.251 e. The van der Waals surface area contributed by atoms with Gasteiger partial charge < -0.3 is 15.2 Å². The molecular weight excluding hydrogens is 374 g/mol. The molecule has 2 aromatic rings. The van der Waals surface area contributed by atoms with Gasteiger partial charge in [0.2, 0.25) is 5.91 Å². The van der Waals surface area contributed by atoms with E-state index in [9.17, 15) is 9.59 Å². The molecule has 0 aliphatic heterocycles. The minimum atomic E-state index is -0.160. The lowest BCUT2D eigenvalue weighted by Gasteiger charge is -2.15. The topological polar surface area (TPSA) is 88.9 Å². The third kappa shape index (κ3) is 7.34. The van der Waals surface area contributed by atoms with Gasteiger partial charge in [0.05, 0.1) is 5.75 Å². The van der Waals surface area contributed by atoms with E-state index in [2.05, 4.69) is 34.7 Å². The maximum atomic E-state index is 12.5. The SMILES string of the molecule is CC(C)CCCC(C)NC(=O)c1cccc(NC(=O)CSc2nncn2C)c1. The zero-order valence-corrected chi connectivity index (χ0v) is 17.8. The molecular formula is C20H29N5O2S. The molecule has 8 heteroatoms. The zero-order valence-electron chi connectivity index (χ0n) is 16.9. The molecule has 0 saturated carbocycles. The molecule has 1 heterocycles. The molecule has 0 saturated heterocycles. The molecule has 0 fully saturated rings. The number of nitrogens with one attached hydrogen (secondary N) is 2. The number of benzene rings is 1. The maximum Gasteiger partial charge on any atom is 0.251 e. The molecule has 0 spiro atoms. The van der Waals surface area contributed by atoms with Crippen LogP contribution in [-0.2, 0) is 11.8 Å². The Balaban J connectivity index is 1.84. The average molecular weight is 404 g/mol. The lowest BCUT2D eigenvalue weighted by Crippen LogP contribution is -2.32. The molecule has 28 heavy (non-hydrogen) atoms. The predicted molar refractivity (Wildman–Crippen MR) is 112 cm³/mol. The van der Waals surface area contributed by atoms with E-state index in [1.807, 2.05) is 14.0 Å². The minimum absolute atomic E-state index is 0.118. The van der Waals surface area contributed by atoms with Crippen molar-refractivity contribution in [3.05, 3.63) is 36.2 Å². The van der Waals surface area contributed by atoms with Crippen molar-refractivity contribution in [3.63, 3.8) is 0 Å². The van der Waals surface area contributed by atoms with Gasteiger partial charge in [-0.3, -0.25) is 9.59 Å². The summed E-state index contributed by atoms with van der Waals surface area (Å²) in [6, 6.07) is 7.10. The Hall–Kier alpha value is -2.35. The van der Waals surface area contributed by atoms with Crippen molar-refractivity contribution in [1.29, 1.82) is 0 Å². The minimum Gasteiger partial charge on any atom is -0.350 e. The van der Waals surface area contributed by atoms with Crippen molar-refractivity contribution in [2.75, 3.05) is 11.1 Å². The molecule has 0 bridgehead atoms. The second kappa shape index (κ2) is 10.8. The summed E-state index contributed by atoms with van der Waals surface area (Å²) in [6.45, 7) is 6.43. The van der Waals surface area contributed by atoms with Gasteiger partial charge in [-0.15, -0.1) is 10.2 Å². The van der Waals surface area contributed by atoms with E-state index in [0.29, 0.717) is 22.3 Å². The van der Waals surface area contributed by atoms with Gasteiger partial charge in [0.25, 0.3) is 5.91 Å². The summed E-state index contributed by atoms with van der Waals surface area (Å²) in [5.41, 5.74) is 1.14. The van der Waals surface area contributed by atoms with E-state index in [1.54, 1.807) is 35.2 Å². The van der Waals surface area contributed by atoms with E-state index in [1.165, 1.54) is 11.8 Å². The highest BCUT2D eigenvalue weighted by Crippen LogP contribution is 2.16. The van der Waals surface area contributed by atoms with E-state index in [0.717, 1.165) is 19.3 Å². The Labute approximate surface area is 170 Å². The van der Waals surface area contributed by atoms with Gasteiger partial charge in [-0.05, 0) is 37.5 Å². The van der Waals surface area contributed by atoms with Crippen LogP contribution in [0.2, 0.25) is 0 Å². The third-order valence-corrected chi connectivity index (χ3v) is 5.24. The first-order valence-corrected chi connectivity index (χ1v) is 10.5. The van der Waals surface area contributed by atoms with Crippen LogP contribution in [0.1, 0.15) is 50.4 Å². The molecule has 0 radical (unpaired) electrons. The van der Waals surface area contributed by atoms with Crippen molar-refractivity contribution in [2.45, 2.75) is 51.2 Å². The molecule has 2 N–H and O–H groups in total. The van der Waals surface area contributed by atoms with Crippen LogP contribution in [0.5, 0.6) is 0 Å². The number of aromatic nitrogens is 3. The van der Waals surface area contributed by atoms with Crippen LogP contribution in [0.15, 0.2) is 35.7 Å². The average Bonchev–Trinajstić information content (AvgIpc) is 3.04. The van der Waals surface area contributed by atoms with Gasteiger partial charge in [0, 0.05) is 24.3 Å². The van der Waals surface area contributed by atoms with Crippen molar-refractivity contribution in [1.82, 2.24) is 20.1 Å². The van der Waals surface area contributed by atoms with Crippen molar-refractivity contribution in [2.24, 2.45) is 13.0 Å². The number of nitrogens with zero attached hydrogens (tertiary/aromatic N) is 3. The van der Waals surface area contributed by atoms with E-state index >= 15 is 0 Å². The van der Waals surface area contributed by atoms with Crippen LogP contribution in [0.3, 0.4) is 0 Å². The molecule has 7 nitrogen and oxygen atoms in total. The van der Waals surface area contributed by atoms with Crippen LogP contribution in [0, 0.1) is 5.92 Å². The highest BCUT2D eigenvalue weighted by Gasteiger charge is 2.12. The predicted octanol–water partition coefficient (Wildman–Crippen LogP) is 3.49. The fraction of sp³-hybridized carbons (Fsp3) is 0.500. The highest BCUT2D eigenvalue weighted by atomic mass is 32.2. The normalized spacial score (nSPS) is 12.0. The summed E-state index contributed by atoms with van der Waals surface area (Å²) in [5, 5.41) is 14.2. The van der Waals surface area contributed by atoms with Gasteiger partial charge in [0.1, 0.15) is 6.33 Å². The first kappa shape index (κ1) is 21.9. The Morgan fingerprint density at radius 2 is 2.00 bits per heavy atom. The second-order valence-corrected chi connectivity index (χ2v) is 8.28. The van der Waals surface area contributed by atoms with Crippen LogP contribution in [0.25, 0.3) is 0 Å². The Bertz CT molecular complexity index is 790. The third-order valence-electron chi connectivity index (χ3n) is 4.21. The number of rotatable bonds is 10. The standard InChI is InChI=1S/C20H29N5O2S/c1-14(2)7-5-8-15(3)22-19(27)16-9-6-10-17(11-16)23-18(26)12-28-20-24-21-13-25(20)4/h6,9-11,13-15H,5,7-8,12H2,1-4H3,(H,22,27)(H,23,26). The van der Waals surface area contributed by atoms with Crippen molar-refractivity contribution in [3.8, 4) is 0 Å². The first-order valence-electron chi connectivity index (χ1n) is 9.52. The number of aryl methyl sites for hydroxylation is 1. The molecule has 2 rings (SSSR count). The van der Waals surface area contributed by atoms with Crippen molar-refractivity contribution >= 4 is 29.3 Å². The number of hydrogen-bond donors (Lipinski definition) is 2. The fourth-order valence-corrected chi connectivity index (χ4v) is 3.37. The van der Waals surface area contributed by atoms with Crippen LogP contribution in [-0.4, -0.2) is 38.4 Å². The summed E-state index contributed by atoms with van der Waals surface area (Å²) >= 11 is 1.31. The lowest BCUT2D eigenvalue weighted by molar-refractivity contribution is -0.113.